The lowest BCUT2D eigenvalue weighted by Gasteiger charge is -2.09. The van der Waals surface area contributed by atoms with E-state index in [0.29, 0.717) is 38.0 Å². The first-order chi connectivity index (χ1) is 9.44. The minimum atomic E-state index is -3.44. The SMILES string of the molecule is CCNc1nc(NCCCS(N)(=O)=O)nc(OCC)n1. The first kappa shape index (κ1) is 16.4. The van der Waals surface area contributed by atoms with E-state index in [9.17, 15) is 8.42 Å². The van der Waals surface area contributed by atoms with Gasteiger partial charge in [-0.1, -0.05) is 0 Å². The van der Waals surface area contributed by atoms with E-state index in [1.807, 2.05) is 13.8 Å². The summed E-state index contributed by atoms with van der Waals surface area (Å²) < 4.78 is 26.8. The standard InChI is InChI=1S/C10H20N6O3S/c1-3-12-8-14-9(16-10(15-8)19-4-2)13-6-5-7-20(11,17)18/h3-7H2,1-2H3,(H2,11,17,18)(H2,12,13,14,15,16). The number of hydrogen-bond donors (Lipinski definition) is 3. The van der Waals surface area contributed by atoms with E-state index in [4.69, 9.17) is 9.88 Å². The highest BCUT2D eigenvalue weighted by Crippen LogP contribution is 2.11. The smallest absolute Gasteiger partial charge is 0.323 e. The lowest BCUT2D eigenvalue weighted by atomic mass is 10.5. The molecule has 114 valence electrons. The van der Waals surface area contributed by atoms with Gasteiger partial charge in [0.1, 0.15) is 0 Å². The Labute approximate surface area is 118 Å². The average molecular weight is 304 g/mol. The summed E-state index contributed by atoms with van der Waals surface area (Å²) in [6.07, 6.45) is 0.366. The van der Waals surface area contributed by atoms with Gasteiger partial charge in [0.25, 0.3) is 0 Å². The maximum absolute atomic E-state index is 10.8. The Morgan fingerprint density at radius 3 is 2.35 bits per heavy atom. The second-order valence-corrected chi connectivity index (χ2v) is 5.61. The highest BCUT2D eigenvalue weighted by atomic mass is 32.2. The van der Waals surface area contributed by atoms with Crippen molar-refractivity contribution in [2.45, 2.75) is 20.3 Å². The van der Waals surface area contributed by atoms with Crippen molar-refractivity contribution in [2.75, 3.05) is 36.1 Å². The van der Waals surface area contributed by atoms with Gasteiger partial charge in [0.15, 0.2) is 0 Å². The molecule has 0 aromatic carbocycles. The van der Waals surface area contributed by atoms with Crippen LogP contribution in [0.2, 0.25) is 0 Å². The molecule has 0 aliphatic heterocycles. The molecule has 10 heteroatoms. The molecule has 0 fully saturated rings. The van der Waals surface area contributed by atoms with Crippen molar-refractivity contribution in [3.05, 3.63) is 0 Å². The van der Waals surface area contributed by atoms with Crippen molar-refractivity contribution in [3.8, 4) is 6.01 Å². The van der Waals surface area contributed by atoms with E-state index >= 15 is 0 Å². The van der Waals surface area contributed by atoms with Crippen LogP contribution in [0.4, 0.5) is 11.9 Å². The molecule has 0 bridgehead atoms. The zero-order valence-corrected chi connectivity index (χ0v) is 12.4. The molecular weight excluding hydrogens is 284 g/mol. The van der Waals surface area contributed by atoms with Gasteiger partial charge in [-0.3, -0.25) is 0 Å². The van der Waals surface area contributed by atoms with Crippen LogP contribution < -0.4 is 20.5 Å². The van der Waals surface area contributed by atoms with Crippen LogP contribution in [0.5, 0.6) is 6.01 Å². The third-order valence-electron chi connectivity index (χ3n) is 2.11. The number of nitrogens with one attached hydrogen (secondary N) is 2. The molecule has 1 aromatic rings. The summed E-state index contributed by atoms with van der Waals surface area (Å²) in [5, 5.41) is 10.8. The molecule has 1 heterocycles. The summed E-state index contributed by atoms with van der Waals surface area (Å²) in [7, 11) is -3.44. The second-order valence-electron chi connectivity index (χ2n) is 3.88. The number of hydrogen-bond acceptors (Lipinski definition) is 8. The van der Waals surface area contributed by atoms with Crippen molar-refractivity contribution < 1.29 is 13.2 Å². The minimum absolute atomic E-state index is 0.0938. The van der Waals surface area contributed by atoms with E-state index in [-0.39, 0.29) is 11.8 Å². The Kier molecular flexibility index (Phi) is 6.39. The zero-order valence-electron chi connectivity index (χ0n) is 11.6. The van der Waals surface area contributed by atoms with E-state index in [0.717, 1.165) is 0 Å². The number of ether oxygens (including phenoxy) is 1. The van der Waals surface area contributed by atoms with Gasteiger partial charge < -0.3 is 15.4 Å². The average Bonchev–Trinajstić information content (AvgIpc) is 2.34. The Morgan fingerprint density at radius 2 is 1.80 bits per heavy atom. The summed E-state index contributed by atoms with van der Waals surface area (Å²) >= 11 is 0. The molecular formula is C10H20N6O3S. The van der Waals surface area contributed by atoms with Gasteiger partial charge >= 0.3 is 6.01 Å². The molecule has 0 aliphatic carbocycles. The molecule has 0 unspecified atom stereocenters. The van der Waals surface area contributed by atoms with E-state index in [2.05, 4.69) is 25.6 Å². The Hall–Kier alpha value is -1.68. The number of nitrogens with two attached hydrogens (primary N) is 1. The van der Waals surface area contributed by atoms with Crippen molar-refractivity contribution in [1.82, 2.24) is 15.0 Å². The Morgan fingerprint density at radius 1 is 1.15 bits per heavy atom. The van der Waals surface area contributed by atoms with Crippen molar-refractivity contribution in [2.24, 2.45) is 5.14 Å². The predicted molar refractivity (Wildman–Crippen MR) is 76.2 cm³/mol. The van der Waals surface area contributed by atoms with Gasteiger partial charge in [0.05, 0.1) is 12.4 Å². The Bertz CT molecular complexity index is 497. The number of anilines is 2. The molecule has 0 atom stereocenters. The van der Waals surface area contributed by atoms with Gasteiger partial charge in [-0.2, -0.15) is 15.0 Å². The lowest BCUT2D eigenvalue weighted by Crippen LogP contribution is -2.19. The maximum Gasteiger partial charge on any atom is 0.323 e. The minimum Gasteiger partial charge on any atom is -0.464 e. The van der Waals surface area contributed by atoms with Crippen LogP contribution in [-0.2, 0) is 10.0 Å². The van der Waals surface area contributed by atoms with Crippen LogP contribution in [0.3, 0.4) is 0 Å². The summed E-state index contributed by atoms with van der Waals surface area (Å²) in [6.45, 7) is 5.25. The first-order valence-electron chi connectivity index (χ1n) is 6.31. The molecule has 0 radical (unpaired) electrons. The van der Waals surface area contributed by atoms with E-state index in [1.54, 1.807) is 0 Å². The van der Waals surface area contributed by atoms with Gasteiger partial charge in [-0.05, 0) is 20.3 Å². The molecule has 0 spiro atoms. The largest absolute Gasteiger partial charge is 0.464 e. The number of primary sulfonamides is 1. The topological polar surface area (TPSA) is 132 Å². The number of nitrogens with zero attached hydrogens (tertiary/aromatic N) is 3. The fourth-order valence-corrected chi connectivity index (χ4v) is 1.89. The quantitative estimate of drug-likeness (QED) is 0.534. The van der Waals surface area contributed by atoms with Crippen LogP contribution in [0.1, 0.15) is 20.3 Å². The Balaban J connectivity index is 2.63. The van der Waals surface area contributed by atoms with Gasteiger partial charge in [-0.25, -0.2) is 13.6 Å². The number of rotatable bonds is 9. The maximum atomic E-state index is 10.8. The summed E-state index contributed by atoms with van der Waals surface area (Å²) in [6, 6.07) is 0.215. The normalized spacial score (nSPS) is 11.2. The van der Waals surface area contributed by atoms with Gasteiger partial charge in [0, 0.05) is 13.1 Å². The third-order valence-corrected chi connectivity index (χ3v) is 2.97. The van der Waals surface area contributed by atoms with Gasteiger partial charge in [-0.15, -0.1) is 0 Å². The zero-order chi connectivity index (χ0) is 15.0. The monoisotopic (exact) mass is 304 g/mol. The van der Waals surface area contributed by atoms with Crippen LogP contribution in [0.15, 0.2) is 0 Å². The van der Waals surface area contributed by atoms with Crippen molar-refractivity contribution in [3.63, 3.8) is 0 Å². The predicted octanol–water partition coefficient (Wildman–Crippen LogP) is -0.207. The molecule has 0 amide bonds. The fourth-order valence-electron chi connectivity index (χ4n) is 1.34. The fraction of sp³-hybridized carbons (Fsp3) is 0.700. The highest BCUT2D eigenvalue weighted by Gasteiger charge is 2.07. The molecule has 1 aromatic heterocycles. The van der Waals surface area contributed by atoms with Crippen LogP contribution >= 0.6 is 0 Å². The van der Waals surface area contributed by atoms with Crippen LogP contribution in [-0.4, -0.2) is 48.8 Å². The molecule has 0 aliphatic rings. The van der Waals surface area contributed by atoms with E-state index < -0.39 is 10.0 Å². The molecule has 0 saturated carbocycles. The first-order valence-corrected chi connectivity index (χ1v) is 8.03. The third kappa shape index (κ3) is 6.48. The molecule has 9 nitrogen and oxygen atoms in total. The second kappa shape index (κ2) is 7.80. The van der Waals surface area contributed by atoms with E-state index in [1.165, 1.54) is 0 Å². The number of aromatic nitrogens is 3. The number of sulfonamides is 1. The molecule has 1 rings (SSSR count). The highest BCUT2D eigenvalue weighted by molar-refractivity contribution is 7.89. The summed E-state index contributed by atoms with van der Waals surface area (Å²) in [5.74, 6) is 0.637. The molecule has 4 N–H and O–H groups in total. The summed E-state index contributed by atoms with van der Waals surface area (Å²) in [4.78, 5) is 12.3. The van der Waals surface area contributed by atoms with Crippen molar-refractivity contribution >= 4 is 21.9 Å². The van der Waals surface area contributed by atoms with Crippen LogP contribution in [0, 0.1) is 0 Å². The lowest BCUT2D eigenvalue weighted by molar-refractivity contribution is 0.312. The molecule has 20 heavy (non-hydrogen) atoms. The van der Waals surface area contributed by atoms with Crippen LogP contribution in [0.25, 0.3) is 0 Å². The molecule has 0 saturated heterocycles. The van der Waals surface area contributed by atoms with Gasteiger partial charge in [0.2, 0.25) is 21.9 Å². The van der Waals surface area contributed by atoms with Crippen molar-refractivity contribution in [1.29, 1.82) is 0 Å². The summed E-state index contributed by atoms with van der Waals surface area (Å²) in [5.41, 5.74) is 0.